The van der Waals surface area contributed by atoms with E-state index in [2.05, 4.69) is 15.9 Å². The van der Waals surface area contributed by atoms with E-state index in [1.807, 2.05) is 0 Å². The van der Waals surface area contributed by atoms with Crippen LogP contribution in [0.25, 0.3) is 0 Å². The van der Waals surface area contributed by atoms with Crippen LogP contribution in [0.4, 0.5) is 19.4 Å². The summed E-state index contributed by atoms with van der Waals surface area (Å²) in [5.41, 5.74) is -0.400. The number of benzene rings is 1. The summed E-state index contributed by atoms with van der Waals surface area (Å²) < 4.78 is 61.9. The van der Waals surface area contributed by atoms with Crippen LogP contribution in [0.2, 0.25) is 0 Å². The molecular weight excluding hydrogens is 319 g/mol. The van der Waals surface area contributed by atoms with Gasteiger partial charge in [0.2, 0.25) is 0 Å². The van der Waals surface area contributed by atoms with Gasteiger partial charge < -0.3 is 0 Å². The molecule has 1 nitrogen and oxygen atoms in total. The first kappa shape index (κ1) is 13.4. The van der Waals surface area contributed by atoms with Crippen molar-refractivity contribution >= 4 is 31.9 Å². The largest absolute Gasteiger partial charge is 0.310 e. The van der Waals surface area contributed by atoms with Crippen LogP contribution in [0.3, 0.4) is 0 Å². The SMILES string of the molecule is O=C(CBr)c1cccc(S(F)(F)(F)(F)F)c1. The minimum Gasteiger partial charge on any atom is -0.293 e. The summed E-state index contributed by atoms with van der Waals surface area (Å²) in [6.07, 6.45) is 0. The Labute approximate surface area is 96.5 Å². The molecular formula is C8H6BrF5OS. The van der Waals surface area contributed by atoms with Gasteiger partial charge in [-0.1, -0.05) is 47.5 Å². The number of halogens is 6. The molecule has 1 aromatic carbocycles. The van der Waals surface area contributed by atoms with Gasteiger partial charge >= 0.3 is 10.2 Å². The van der Waals surface area contributed by atoms with E-state index in [-0.39, 0.29) is 17.5 Å². The molecule has 0 spiro atoms. The highest BCUT2D eigenvalue weighted by Crippen LogP contribution is 3.02. The number of carbonyl (C=O) groups excluding carboxylic acids is 1. The summed E-state index contributed by atoms with van der Waals surface area (Å²) in [7, 11) is -9.69. The fourth-order valence-electron chi connectivity index (χ4n) is 0.987. The van der Waals surface area contributed by atoms with Crippen LogP contribution >= 0.6 is 26.2 Å². The third-order valence-corrected chi connectivity index (χ3v) is 3.38. The number of Topliss-reactive ketones (excluding diaryl/α,β-unsaturated/α-hetero) is 1. The Hall–Kier alpha value is -0.630. The lowest BCUT2D eigenvalue weighted by Gasteiger charge is -2.40. The molecule has 0 radical (unpaired) electrons. The van der Waals surface area contributed by atoms with Crippen molar-refractivity contribution in [1.82, 2.24) is 0 Å². The van der Waals surface area contributed by atoms with Gasteiger partial charge in [-0.05, 0) is 12.1 Å². The number of hydrogen-bond acceptors (Lipinski definition) is 1. The maximum absolute atomic E-state index is 12.4. The summed E-state index contributed by atoms with van der Waals surface area (Å²) in [6, 6.07) is 2.26. The van der Waals surface area contributed by atoms with Crippen molar-refractivity contribution in [2.24, 2.45) is 0 Å². The van der Waals surface area contributed by atoms with Gasteiger partial charge in [0.1, 0.15) is 4.90 Å². The van der Waals surface area contributed by atoms with Crippen LogP contribution in [-0.2, 0) is 0 Å². The fourth-order valence-corrected chi connectivity index (χ4v) is 2.00. The van der Waals surface area contributed by atoms with Crippen LogP contribution in [0.15, 0.2) is 29.2 Å². The minimum absolute atomic E-state index is 0.172. The lowest BCUT2D eigenvalue weighted by Crippen LogP contribution is -2.08. The van der Waals surface area contributed by atoms with Crippen LogP contribution in [0.5, 0.6) is 0 Å². The van der Waals surface area contributed by atoms with Gasteiger partial charge in [0.15, 0.2) is 5.78 Å². The predicted molar refractivity (Wildman–Crippen MR) is 56.0 cm³/mol. The van der Waals surface area contributed by atoms with E-state index in [4.69, 9.17) is 0 Å². The summed E-state index contributed by atoms with van der Waals surface area (Å²) in [4.78, 5) is 9.01. The molecule has 1 aromatic rings. The Bertz CT molecular complexity index is 440. The molecule has 0 unspecified atom stereocenters. The molecule has 0 atom stereocenters. The molecule has 0 bridgehead atoms. The van der Waals surface area contributed by atoms with Crippen molar-refractivity contribution in [2.75, 3.05) is 5.33 Å². The predicted octanol–water partition coefficient (Wildman–Crippen LogP) is 4.92. The molecule has 0 saturated carbocycles. The van der Waals surface area contributed by atoms with Crippen LogP contribution < -0.4 is 0 Å². The summed E-state index contributed by atoms with van der Waals surface area (Å²) in [6.45, 7) is 0. The maximum atomic E-state index is 12.4. The molecule has 92 valence electrons. The van der Waals surface area contributed by atoms with Crippen molar-refractivity contribution in [2.45, 2.75) is 4.90 Å². The first-order chi connectivity index (χ1) is 6.94. The average Bonchev–Trinajstić information content (AvgIpc) is 2.13. The third-order valence-electron chi connectivity index (χ3n) is 1.72. The second-order valence-corrected chi connectivity index (χ2v) is 6.02. The second-order valence-electron chi connectivity index (χ2n) is 3.05. The van der Waals surface area contributed by atoms with E-state index in [0.29, 0.717) is 0 Å². The molecule has 0 amide bonds. The zero-order chi connectivity index (χ0) is 12.7. The van der Waals surface area contributed by atoms with Crippen molar-refractivity contribution in [3.63, 3.8) is 0 Å². The molecule has 0 fully saturated rings. The van der Waals surface area contributed by atoms with E-state index < -0.39 is 26.5 Å². The maximum Gasteiger partial charge on any atom is 0.310 e. The standard InChI is InChI=1S/C8H6BrF5OS/c9-5-8(15)6-2-1-3-7(4-6)16(10,11,12,13)14/h1-4H,5H2. The number of carbonyl (C=O) groups is 1. The van der Waals surface area contributed by atoms with Gasteiger partial charge in [0.25, 0.3) is 0 Å². The highest BCUT2D eigenvalue weighted by atomic mass is 79.9. The van der Waals surface area contributed by atoms with Gasteiger partial charge in [0.05, 0.1) is 5.33 Å². The van der Waals surface area contributed by atoms with Crippen molar-refractivity contribution in [1.29, 1.82) is 0 Å². The third kappa shape index (κ3) is 3.18. The fraction of sp³-hybridized carbons (Fsp3) is 0.125. The highest BCUT2D eigenvalue weighted by Gasteiger charge is 2.65. The molecule has 0 aliphatic rings. The molecule has 0 saturated heterocycles. The molecule has 0 N–H and O–H groups in total. The van der Waals surface area contributed by atoms with Crippen LogP contribution in [0.1, 0.15) is 10.4 Å². The lowest BCUT2D eigenvalue weighted by atomic mass is 10.2. The number of alkyl halides is 1. The first-order valence-electron chi connectivity index (χ1n) is 3.87. The Morgan fingerprint density at radius 1 is 1.19 bits per heavy atom. The van der Waals surface area contributed by atoms with Gasteiger partial charge in [-0.25, -0.2) is 0 Å². The molecule has 0 aliphatic carbocycles. The molecule has 0 aliphatic heterocycles. The summed E-state index contributed by atoms with van der Waals surface area (Å²) in [5, 5.41) is -0.225. The zero-order valence-corrected chi connectivity index (χ0v) is 10.0. The van der Waals surface area contributed by atoms with Gasteiger partial charge in [-0.2, -0.15) is 0 Å². The Balaban J connectivity index is 3.36. The quantitative estimate of drug-likeness (QED) is 0.438. The number of ketones is 1. The van der Waals surface area contributed by atoms with E-state index >= 15 is 0 Å². The highest BCUT2D eigenvalue weighted by molar-refractivity contribution is 9.09. The second kappa shape index (κ2) is 3.19. The molecule has 0 heterocycles. The average molecular weight is 325 g/mol. The van der Waals surface area contributed by atoms with E-state index in [0.717, 1.165) is 12.1 Å². The van der Waals surface area contributed by atoms with Crippen molar-refractivity contribution in [3.05, 3.63) is 29.8 Å². The van der Waals surface area contributed by atoms with Crippen molar-refractivity contribution < 1.29 is 24.2 Å². The summed E-state index contributed by atoms with van der Waals surface area (Å²) >= 11 is 2.74. The molecule has 1 rings (SSSR count). The van der Waals surface area contributed by atoms with E-state index in [9.17, 15) is 24.2 Å². The van der Waals surface area contributed by atoms with Crippen LogP contribution in [-0.4, -0.2) is 11.1 Å². The van der Waals surface area contributed by atoms with Gasteiger partial charge in [0, 0.05) is 5.56 Å². The zero-order valence-electron chi connectivity index (χ0n) is 7.60. The van der Waals surface area contributed by atoms with Crippen LogP contribution in [0, 0.1) is 0 Å². The Kier molecular flexibility index (Phi) is 2.68. The van der Waals surface area contributed by atoms with Crippen molar-refractivity contribution in [3.8, 4) is 0 Å². The first-order valence-corrected chi connectivity index (χ1v) is 6.94. The molecule has 16 heavy (non-hydrogen) atoms. The van der Waals surface area contributed by atoms with E-state index in [1.165, 1.54) is 0 Å². The minimum atomic E-state index is -9.69. The normalized spacial score (nSPS) is 16.4. The number of rotatable bonds is 3. The van der Waals surface area contributed by atoms with E-state index in [1.54, 1.807) is 0 Å². The van der Waals surface area contributed by atoms with Gasteiger partial charge in [-0.15, -0.1) is 0 Å². The molecule has 8 heteroatoms. The topological polar surface area (TPSA) is 17.1 Å². The smallest absolute Gasteiger partial charge is 0.293 e. The molecule has 0 aromatic heterocycles. The lowest BCUT2D eigenvalue weighted by molar-refractivity contribution is 0.102. The monoisotopic (exact) mass is 324 g/mol. The summed E-state index contributed by atoms with van der Waals surface area (Å²) in [5.74, 6) is -0.691. The Morgan fingerprint density at radius 3 is 2.19 bits per heavy atom. The number of hydrogen-bond donors (Lipinski definition) is 0. The van der Waals surface area contributed by atoms with Gasteiger partial charge in [-0.3, -0.25) is 4.79 Å². The Morgan fingerprint density at radius 2 is 1.75 bits per heavy atom.